The van der Waals surface area contributed by atoms with Gasteiger partial charge >= 0.3 is 6.55 Å². The number of hydrogen-bond donors (Lipinski definition) is 0. The standard InChI is InChI=1S/C12H11F3N2O/c1-8-6-9(13)2-3-10(8)18-7-11-16-4-5-17(11)12(14)15/h2-6,12H,7H2,1H3. The second-order valence-electron chi connectivity index (χ2n) is 3.73. The number of nitrogens with zero attached hydrogens (tertiary/aromatic N) is 2. The summed E-state index contributed by atoms with van der Waals surface area (Å²) in [4.78, 5) is 3.78. The number of rotatable bonds is 4. The number of halogens is 3. The molecule has 1 heterocycles. The number of aryl methyl sites for hydroxylation is 1. The molecule has 6 heteroatoms. The Morgan fingerprint density at radius 1 is 1.39 bits per heavy atom. The Labute approximate surface area is 102 Å². The molecule has 0 aliphatic carbocycles. The molecule has 0 amide bonds. The zero-order chi connectivity index (χ0) is 13.1. The first kappa shape index (κ1) is 12.5. The fourth-order valence-electron chi connectivity index (χ4n) is 1.55. The van der Waals surface area contributed by atoms with Crippen LogP contribution in [-0.4, -0.2) is 9.55 Å². The van der Waals surface area contributed by atoms with Crippen LogP contribution in [0.3, 0.4) is 0 Å². The number of imidazole rings is 1. The summed E-state index contributed by atoms with van der Waals surface area (Å²) in [5.41, 5.74) is 0.602. The maximum Gasteiger partial charge on any atom is 0.320 e. The average Bonchev–Trinajstić information content (AvgIpc) is 2.76. The second-order valence-corrected chi connectivity index (χ2v) is 3.73. The van der Waals surface area contributed by atoms with E-state index >= 15 is 0 Å². The van der Waals surface area contributed by atoms with Crippen molar-refractivity contribution < 1.29 is 17.9 Å². The van der Waals surface area contributed by atoms with Gasteiger partial charge in [0.05, 0.1) is 0 Å². The van der Waals surface area contributed by atoms with Crippen LogP contribution in [0.4, 0.5) is 13.2 Å². The van der Waals surface area contributed by atoms with Gasteiger partial charge in [-0.2, -0.15) is 8.78 Å². The van der Waals surface area contributed by atoms with Crippen molar-refractivity contribution in [1.82, 2.24) is 9.55 Å². The van der Waals surface area contributed by atoms with Gasteiger partial charge in [-0.3, -0.25) is 4.57 Å². The quantitative estimate of drug-likeness (QED) is 0.839. The van der Waals surface area contributed by atoms with E-state index in [1.54, 1.807) is 6.92 Å². The van der Waals surface area contributed by atoms with Crippen LogP contribution in [0.1, 0.15) is 17.9 Å². The lowest BCUT2D eigenvalue weighted by Crippen LogP contribution is -2.07. The minimum absolute atomic E-state index is 0.0934. The molecular weight excluding hydrogens is 245 g/mol. The zero-order valence-corrected chi connectivity index (χ0v) is 9.61. The fraction of sp³-hybridized carbons (Fsp3) is 0.250. The Bertz CT molecular complexity index is 540. The predicted molar refractivity (Wildman–Crippen MR) is 58.9 cm³/mol. The summed E-state index contributed by atoms with van der Waals surface area (Å²) < 4.78 is 44.0. The molecule has 0 aliphatic rings. The van der Waals surface area contributed by atoms with Gasteiger partial charge in [0.25, 0.3) is 0 Å². The molecule has 1 aromatic heterocycles. The number of hydrogen-bond acceptors (Lipinski definition) is 2. The molecule has 18 heavy (non-hydrogen) atoms. The Morgan fingerprint density at radius 3 is 2.83 bits per heavy atom. The third kappa shape index (κ3) is 2.64. The molecule has 0 saturated carbocycles. The summed E-state index contributed by atoms with van der Waals surface area (Å²) in [6.45, 7) is -1.07. The minimum atomic E-state index is -2.65. The fourth-order valence-corrected chi connectivity index (χ4v) is 1.55. The first-order valence-corrected chi connectivity index (χ1v) is 5.26. The van der Waals surface area contributed by atoms with Gasteiger partial charge in [0.15, 0.2) is 5.82 Å². The molecule has 0 atom stereocenters. The molecule has 96 valence electrons. The molecule has 0 bridgehead atoms. The van der Waals surface area contributed by atoms with Crippen LogP contribution in [0.15, 0.2) is 30.6 Å². The number of benzene rings is 1. The highest BCUT2D eigenvalue weighted by molar-refractivity contribution is 5.32. The predicted octanol–water partition coefficient (Wildman–Crippen LogP) is 3.30. The van der Waals surface area contributed by atoms with Crippen molar-refractivity contribution in [3.05, 3.63) is 47.8 Å². The summed E-state index contributed by atoms with van der Waals surface area (Å²) in [5.74, 6) is 0.197. The maximum absolute atomic E-state index is 12.9. The van der Waals surface area contributed by atoms with Crippen LogP contribution in [-0.2, 0) is 6.61 Å². The van der Waals surface area contributed by atoms with Crippen molar-refractivity contribution in [2.45, 2.75) is 20.1 Å². The minimum Gasteiger partial charge on any atom is -0.485 e. The molecule has 0 spiro atoms. The maximum atomic E-state index is 12.9. The van der Waals surface area contributed by atoms with E-state index in [0.29, 0.717) is 11.3 Å². The molecule has 0 unspecified atom stereocenters. The summed E-state index contributed by atoms with van der Waals surface area (Å²) in [6, 6.07) is 4.02. The van der Waals surface area contributed by atoms with Crippen molar-refractivity contribution in [1.29, 1.82) is 0 Å². The lowest BCUT2D eigenvalue weighted by atomic mass is 10.2. The smallest absolute Gasteiger partial charge is 0.320 e. The number of aromatic nitrogens is 2. The highest BCUT2D eigenvalue weighted by atomic mass is 19.3. The van der Waals surface area contributed by atoms with Crippen LogP contribution in [0.5, 0.6) is 5.75 Å². The highest BCUT2D eigenvalue weighted by Crippen LogP contribution is 2.20. The molecule has 0 N–H and O–H groups in total. The van der Waals surface area contributed by atoms with Crippen LogP contribution in [0.2, 0.25) is 0 Å². The van der Waals surface area contributed by atoms with Gasteiger partial charge in [-0.15, -0.1) is 0 Å². The van der Waals surface area contributed by atoms with E-state index in [1.807, 2.05) is 0 Å². The Hall–Kier alpha value is -1.98. The number of ether oxygens (including phenoxy) is 1. The molecule has 2 rings (SSSR count). The molecule has 0 saturated heterocycles. The van der Waals surface area contributed by atoms with Gasteiger partial charge in [0, 0.05) is 12.4 Å². The van der Waals surface area contributed by atoms with Gasteiger partial charge in [0.1, 0.15) is 18.2 Å². The Balaban J connectivity index is 2.09. The molecule has 1 aromatic carbocycles. The molecule has 0 aliphatic heterocycles. The summed E-state index contributed by atoms with van der Waals surface area (Å²) in [6.07, 6.45) is 2.46. The first-order valence-electron chi connectivity index (χ1n) is 5.26. The van der Waals surface area contributed by atoms with Gasteiger partial charge in [-0.05, 0) is 30.7 Å². The van der Waals surface area contributed by atoms with Crippen LogP contribution in [0, 0.1) is 12.7 Å². The number of alkyl halides is 2. The van der Waals surface area contributed by atoms with E-state index in [0.717, 1.165) is 4.57 Å². The average molecular weight is 256 g/mol. The SMILES string of the molecule is Cc1cc(F)ccc1OCc1nccn1C(F)F. The Kier molecular flexibility index (Phi) is 3.55. The molecule has 3 nitrogen and oxygen atoms in total. The van der Waals surface area contributed by atoms with Crippen molar-refractivity contribution in [3.63, 3.8) is 0 Å². The normalized spacial score (nSPS) is 10.9. The van der Waals surface area contributed by atoms with E-state index in [2.05, 4.69) is 4.98 Å². The van der Waals surface area contributed by atoms with E-state index in [4.69, 9.17) is 4.74 Å². The van der Waals surface area contributed by atoms with Gasteiger partial charge in [-0.25, -0.2) is 9.37 Å². The van der Waals surface area contributed by atoms with Gasteiger partial charge < -0.3 is 4.74 Å². The van der Waals surface area contributed by atoms with Gasteiger partial charge in [-0.1, -0.05) is 0 Å². The summed E-state index contributed by atoms with van der Waals surface area (Å²) in [7, 11) is 0. The first-order chi connectivity index (χ1) is 8.58. The largest absolute Gasteiger partial charge is 0.485 e. The molecule has 0 fully saturated rings. The molecular formula is C12H11F3N2O. The zero-order valence-electron chi connectivity index (χ0n) is 9.61. The van der Waals surface area contributed by atoms with Crippen LogP contribution < -0.4 is 4.74 Å². The van der Waals surface area contributed by atoms with E-state index < -0.39 is 6.55 Å². The summed E-state index contributed by atoms with van der Waals surface area (Å²) in [5, 5.41) is 0. The van der Waals surface area contributed by atoms with Crippen LogP contribution >= 0.6 is 0 Å². The van der Waals surface area contributed by atoms with Crippen molar-refractivity contribution in [2.75, 3.05) is 0 Å². The molecule has 2 aromatic rings. The van der Waals surface area contributed by atoms with E-state index in [9.17, 15) is 13.2 Å². The monoisotopic (exact) mass is 256 g/mol. The lowest BCUT2D eigenvalue weighted by molar-refractivity contribution is 0.0632. The van der Waals surface area contributed by atoms with Crippen molar-refractivity contribution >= 4 is 0 Å². The van der Waals surface area contributed by atoms with Crippen LogP contribution in [0.25, 0.3) is 0 Å². The van der Waals surface area contributed by atoms with Crippen molar-refractivity contribution in [3.8, 4) is 5.75 Å². The molecule has 0 radical (unpaired) electrons. The highest BCUT2D eigenvalue weighted by Gasteiger charge is 2.12. The van der Waals surface area contributed by atoms with Gasteiger partial charge in [0.2, 0.25) is 0 Å². The topological polar surface area (TPSA) is 27.1 Å². The Morgan fingerprint density at radius 2 is 2.17 bits per heavy atom. The van der Waals surface area contributed by atoms with E-state index in [1.165, 1.54) is 30.6 Å². The lowest BCUT2D eigenvalue weighted by Gasteiger charge is -2.10. The van der Waals surface area contributed by atoms with E-state index in [-0.39, 0.29) is 18.2 Å². The third-order valence-corrected chi connectivity index (χ3v) is 2.45. The third-order valence-electron chi connectivity index (χ3n) is 2.45. The second kappa shape index (κ2) is 5.12. The summed E-state index contributed by atoms with van der Waals surface area (Å²) >= 11 is 0. The van der Waals surface area contributed by atoms with Crippen molar-refractivity contribution in [2.24, 2.45) is 0 Å².